The molecule has 0 aliphatic rings. The lowest BCUT2D eigenvalue weighted by Crippen LogP contribution is -2.17. The molecule has 96 valence electrons. The Labute approximate surface area is 107 Å². The third-order valence-corrected chi connectivity index (χ3v) is 3.16. The monoisotopic (exact) mass is 245 g/mol. The van der Waals surface area contributed by atoms with Crippen LogP contribution < -0.4 is 5.32 Å². The number of aryl methyl sites for hydroxylation is 1. The van der Waals surface area contributed by atoms with E-state index in [0.717, 1.165) is 23.3 Å². The summed E-state index contributed by atoms with van der Waals surface area (Å²) in [5, 5.41) is 3.26. The van der Waals surface area contributed by atoms with Gasteiger partial charge in [0.25, 0.3) is 0 Å². The quantitative estimate of drug-likeness (QED) is 0.851. The van der Waals surface area contributed by atoms with Gasteiger partial charge in [-0.25, -0.2) is 4.98 Å². The molecule has 0 fully saturated rings. The van der Waals surface area contributed by atoms with Gasteiger partial charge in [0.2, 0.25) is 0 Å². The molecule has 2 aromatic rings. The third kappa shape index (κ3) is 2.76. The van der Waals surface area contributed by atoms with Crippen LogP contribution in [0.15, 0.2) is 18.2 Å². The Bertz CT molecular complexity index is 559. The van der Waals surface area contributed by atoms with Crippen molar-refractivity contribution in [2.24, 2.45) is 0 Å². The van der Waals surface area contributed by atoms with Crippen molar-refractivity contribution in [3.8, 4) is 0 Å². The van der Waals surface area contributed by atoms with E-state index >= 15 is 0 Å². The van der Waals surface area contributed by atoms with Gasteiger partial charge in [-0.05, 0) is 45.0 Å². The van der Waals surface area contributed by atoms with E-state index in [1.807, 2.05) is 20.0 Å². The first-order valence-corrected chi connectivity index (χ1v) is 6.23. The van der Waals surface area contributed by atoms with E-state index in [0.29, 0.717) is 6.42 Å². The molecule has 0 aliphatic carbocycles. The molecule has 0 saturated heterocycles. The van der Waals surface area contributed by atoms with Crippen LogP contribution in [0, 0.1) is 6.92 Å². The SMILES string of the molecule is CNC(CCC(C)=O)c1ccc2nc(C)[nH]c2c1. The van der Waals surface area contributed by atoms with Crippen LogP contribution >= 0.6 is 0 Å². The number of benzene rings is 1. The second-order valence-electron chi connectivity index (χ2n) is 4.68. The first-order valence-electron chi connectivity index (χ1n) is 6.23. The van der Waals surface area contributed by atoms with Crippen molar-refractivity contribution < 1.29 is 4.79 Å². The predicted molar refractivity (Wildman–Crippen MR) is 72.5 cm³/mol. The van der Waals surface area contributed by atoms with Crippen LogP contribution in [0.2, 0.25) is 0 Å². The highest BCUT2D eigenvalue weighted by Gasteiger charge is 2.11. The topological polar surface area (TPSA) is 57.8 Å². The Morgan fingerprint density at radius 3 is 2.94 bits per heavy atom. The molecule has 4 nitrogen and oxygen atoms in total. The number of Topliss-reactive ketones (excluding diaryl/α,β-unsaturated/α-hetero) is 1. The fourth-order valence-electron chi connectivity index (χ4n) is 2.20. The number of fused-ring (bicyclic) bond motifs is 1. The lowest BCUT2D eigenvalue weighted by atomic mass is 10.0. The molecule has 1 aromatic carbocycles. The molecule has 0 spiro atoms. The van der Waals surface area contributed by atoms with E-state index in [1.165, 1.54) is 5.56 Å². The van der Waals surface area contributed by atoms with Gasteiger partial charge in [-0.1, -0.05) is 6.07 Å². The lowest BCUT2D eigenvalue weighted by molar-refractivity contribution is -0.117. The second kappa shape index (κ2) is 5.31. The normalized spacial score (nSPS) is 12.8. The molecule has 2 N–H and O–H groups in total. The molecule has 1 heterocycles. The zero-order chi connectivity index (χ0) is 13.1. The fraction of sp³-hybridized carbons (Fsp3) is 0.429. The molecule has 0 radical (unpaired) electrons. The summed E-state index contributed by atoms with van der Waals surface area (Å²) < 4.78 is 0. The minimum absolute atomic E-state index is 0.210. The summed E-state index contributed by atoms with van der Waals surface area (Å²) in [6, 6.07) is 6.41. The van der Waals surface area contributed by atoms with E-state index in [-0.39, 0.29) is 11.8 Å². The number of H-pyrrole nitrogens is 1. The van der Waals surface area contributed by atoms with Crippen LogP contribution in [0.4, 0.5) is 0 Å². The number of ketones is 1. The Morgan fingerprint density at radius 2 is 2.28 bits per heavy atom. The number of aromatic amines is 1. The van der Waals surface area contributed by atoms with Crippen LogP contribution in [0.1, 0.15) is 37.2 Å². The van der Waals surface area contributed by atoms with Crippen molar-refractivity contribution >= 4 is 16.8 Å². The van der Waals surface area contributed by atoms with Gasteiger partial charge in [-0.3, -0.25) is 0 Å². The smallest absolute Gasteiger partial charge is 0.129 e. The summed E-state index contributed by atoms with van der Waals surface area (Å²) in [4.78, 5) is 18.7. The largest absolute Gasteiger partial charge is 0.342 e. The average molecular weight is 245 g/mol. The lowest BCUT2D eigenvalue weighted by Gasteiger charge is -2.15. The molecule has 18 heavy (non-hydrogen) atoms. The highest BCUT2D eigenvalue weighted by Crippen LogP contribution is 2.22. The molecule has 1 atom stereocenters. The number of hydrogen-bond donors (Lipinski definition) is 2. The number of nitrogens with one attached hydrogen (secondary N) is 2. The van der Waals surface area contributed by atoms with Crippen molar-refractivity contribution in [3.05, 3.63) is 29.6 Å². The summed E-state index contributed by atoms with van der Waals surface area (Å²) in [7, 11) is 1.92. The minimum atomic E-state index is 0.210. The van der Waals surface area contributed by atoms with E-state index in [2.05, 4.69) is 27.4 Å². The van der Waals surface area contributed by atoms with E-state index in [1.54, 1.807) is 6.92 Å². The van der Waals surface area contributed by atoms with Crippen molar-refractivity contribution in [1.82, 2.24) is 15.3 Å². The van der Waals surface area contributed by atoms with Gasteiger partial charge in [0.1, 0.15) is 11.6 Å². The van der Waals surface area contributed by atoms with Gasteiger partial charge in [-0.2, -0.15) is 0 Å². The maximum absolute atomic E-state index is 11.1. The number of aromatic nitrogens is 2. The van der Waals surface area contributed by atoms with E-state index < -0.39 is 0 Å². The van der Waals surface area contributed by atoms with Crippen molar-refractivity contribution in [3.63, 3.8) is 0 Å². The molecule has 0 saturated carbocycles. The molecule has 0 aliphatic heterocycles. The van der Waals surface area contributed by atoms with Gasteiger partial charge < -0.3 is 15.1 Å². The maximum Gasteiger partial charge on any atom is 0.129 e. The number of hydrogen-bond acceptors (Lipinski definition) is 3. The summed E-state index contributed by atoms with van der Waals surface area (Å²) in [6.45, 7) is 3.58. The molecule has 1 aromatic heterocycles. The van der Waals surface area contributed by atoms with Crippen LogP contribution in [-0.2, 0) is 4.79 Å². The molecule has 4 heteroatoms. The van der Waals surface area contributed by atoms with E-state index in [9.17, 15) is 4.79 Å². The summed E-state index contributed by atoms with van der Waals surface area (Å²) in [6.07, 6.45) is 1.43. The molecule has 0 amide bonds. The first-order chi connectivity index (χ1) is 8.60. The second-order valence-corrected chi connectivity index (χ2v) is 4.68. The van der Waals surface area contributed by atoms with Crippen LogP contribution in [-0.4, -0.2) is 22.8 Å². The minimum Gasteiger partial charge on any atom is -0.342 e. The zero-order valence-electron chi connectivity index (χ0n) is 11.1. The number of carbonyl (C=O) groups is 1. The van der Waals surface area contributed by atoms with E-state index in [4.69, 9.17) is 0 Å². The number of rotatable bonds is 5. The van der Waals surface area contributed by atoms with Gasteiger partial charge in [0.05, 0.1) is 11.0 Å². The molecular formula is C14H19N3O. The van der Waals surface area contributed by atoms with Crippen molar-refractivity contribution in [1.29, 1.82) is 0 Å². The maximum atomic E-state index is 11.1. The van der Waals surface area contributed by atoms with Gasteiger partial charge in [-0.15, -0.1) is 0 Å². The van der Waals surface area contributed by atoms with Gasteiger partial charge >= 0.3 is 0 Å². The summed E-state index contributed by atoms with van der Waals surface area (Å²) in [5.41, 5.74) is 3.22. The Hall–Kier alpha value is -1.68. The standard InChI is InChI=1S/C14H19N3O/c1-9(18)4-6-12(15-3)11-5-7-13-14(8-11)17-10(2)16-13/h5,7-8,12,15H,4,6H2,1-3H3,(H,16,17). The van der Waals surface area contributed by atoms with Crippen LogP contribution in [0.25, 0.3) is 11.0 Å². The molecule has 1 unspecified atom stereocenters. The first kappa shape index (κ1) is 12.8. The highest BCUT2D eigenvalue weighted by atomic mass is 16.1. The van der Waals surface area contributed by atoms with Crippen LogP contribution in [0.3, 0.4) is 0 Å². The molecular weight excluding hydrogens is 226 g/mol. The van der Waals surface area contributed by atoms with Crippen LogP contribution in [0.5, 0.6) is 0 Å². The number of imidazole rings is 1. The van der Waals surface area contributed by atoms with Crippen molar-refractivity contribution in [2.75, 3.05) is 7.05 Å². The number of carbonyl (C=O) groups excluding carboxylic acids is 1. The number of nitrogens with zero attached hydrogens (tertiary/aromatic N) is 1. The Balaban J connectivity index is 2.24. The van der Waals surface area contributed by atoms with Gasteiger partial charge in [0, 0.05) is 12.5 Å². The summed E-state index contributed by atoms with van der Waals surface area (Å²) in [5.74, 6) is 1.15. The van der Waals surface area contributed by atoms with Crippen molar-refractivity contribution in [2.45, 2.75) is 32.7 Å². The third-order valence-electron chi connectivity index (χ3n) is 3.16. The van der Waals surface area contributed by atoms with Gasteiger partial charge in [0.15, 0.2) is 0 Å². The summed E-state index contributed by atoms with van der Waals surface area (Å²) >= 11 is 0. The fourth-order valence-corrected chi connectivity index (χ4v) is 2.20. The molecule has 0 bridgehead atoms. The Morgan fingerprint density at radius 1 is 1.50 bits per heavy atom. The average Bonchev–Trinajstić information content (AvgIpc) is 2.68. The highest BCUT2D eigenvalue weighted by molar-refractivity contribution is 5.76. The zero-order valence-corrected chi connectivity index (χ0v) is 11.1. The predicted octanol–water partition coefficient (Wildman–Crippen LogP) is 2.50. The molecule has 2 rings (SSSR count). The Kier molecular flexibility index (Phi) is 3.77.